The quantitative estimate of drug-likeness (QED) is 0.715. The third-order valence-electron chi connectivity index (χ3n) is 2.43. The molecule has 0 amide bonds. The monoisotopic (exact) mass is 305 g/mol. The lowest BCUT2D eigenvalue weighted by atomic mass is 10.2. The smallest absolute Gasteiger partial charge is 0.228 e. The Kier molecular flexibility index (Phi) is 3.71. The SMILES string of the molecule is Fc1ccc(-c2n[c]c(Sc3ccc(Cl)cn3)o2)cc1. The van der Waals surface area contributed by atoms with E-state index in [2.05, 4.69) is 16.2 Å². The second-order valence-electron chi connectivity index (χ2n) is 3.84. The molecule has 20 heavy (non-hydrogen) atoms. The molecule has 0 unspecified atom stereocenters. The molecular weight excluding hydrogens is 299 g/mol. The van der Waals surface area contributed by atoms with Crippen LogP contribution in [0.15, 0.2) is 57.1 Å². The molecule has 0 bridgehead atoms. The summed E-state index contributed by atoms with van der Waals surface area (Å²) in [6.45, 7) is 0. The molecular formula is C14H7ClFN2OS. The predicted molar refractivity (Wildman–Crippen MR) is 74.1 cm³/mol. The van der Waals surface area contributed by atoms with Gasteiger partial charge < -0.3 is 4.42 Å². The molecule has 1 radical (unpaired) electrons. The number of halogens is 2. The molecule has 3 nitrogen and oxygen atoms in total. The molecule has 0 N–H and O–H groups in total. The first-order valence-electron chi connectivity index (χ1n) is 5.64. The highest BCUT2D eigenvalue weighted by Gasteiger charge is 2.09. The van der Waals surface area contributed by atoms with Crippen LogP contribution in [0.3, 0.4) is 0 Å². The Morgan fingerprint density at radius 3 is 2.65 bits per heavy atom. The molecule has 6 heteroatoms. The summed E-state index contributed by atoms with van der Waals surface area (Å²) in [5.74, 6) is 0.0886. The molecule has 0 atom stereocenters. The van der Waals surface area contributed by atoms with E-state index in [0.717, 1.165) is 5.03 Å². The van der Waals surface area contributed by atoms with E-state index in [4.69, 9.17) is 16.0 Å². The molecule has 99 valence electrons. The largest absolute Gasteiger partial charge is 0.429 e. The Morgan fingerprint density at radius 1 is 1.15 bits per heavy atom. The van der Waals surface area contributed by atoms with E-state index < -0.39 is 0 Å². The second-order valence-corrected chi connectivity index (χ2v) is 5.27. The zero-order valence-corrected chi connectivity index (χ0v) is 11.6. The van der Waals surface area contributed by atoms with E-state index in [0.29, 0.717) is 21.6 Å². The fraction of sp³-hybridized carbons (Fsp3) is 0. The number of nitrogens with zero attached hydrogens (tertiary/aromatic N) is 2. The number of pyridine rings is 1. The molecule has 0 aliphatic carbocycles. The molecule has 2 aromatic heterocycles. The maximum absolute atomic E-state index is 12.8. The van der Waals surface area contributed by atoms with Crippen molar-refractivity contribution in [1.82, 2.24) is 9.97 Å². The van der Waals surface area contributed by atoms with Gasteiger partial charge in [-0.15, -0.1) is 0 Å². The normalized spacial score (nSPS) is 10.7. The van der Waals surface area contributed by atoms with Crippen LogP contribution in [0.5, 0.6) is 0 Å². The van der Waals surface area contributed by atoms with Crippen LogP contribution < -0.4 is 0 Å². The summed E-state index contributed by atoms with van der Waals surface area (Å²) in [5, 5.41) is 1.79. The number of benzene rings is 1. The van der Waals surface area contributed by atoms with Crippen LogP contribution in [-0.4, -0.2) is 9.97 Å². The molecule has 0 saturated heterocycles. The van der Waals surface area contributed by atoms with Crippen LogP contribution in [0.2, 0.25) is 5.02 Å². The fourth-order valence-electron chi connectivity index (χ4n) is 1.51. The van der Waals surface area contributed by atoms with Crippen molar-refractivity contribution in [2.24, 2.45) is 0 Å². The lowest BCUT2D eigenvalue weighted by Gasteiger charge is -1.97. The molecule has 3 rings (SSSR count). The van der Waals surface area contributed by atoms with Crippen molar-refractivity contribution >= 4 is 23.4 Å². The summed E-state index contributed by atoms with van der Waals surface area (Å²) in [4.78, 5) is 8.18. The standard InChI is InChI=1S/C14H7ClFN2OS/c15-10-3-6-12(17-7-10)20-13-8-18-14(19-13)9-1-4-11(16)5-2-9/h1-7H. The van der Waals surface area contributed by atoms with E-state index >= 15 is 0 Å². The number of hydrogen-bond donors (Lipinski definition) is 0. The van der Waals surface area contributed by atoms with Crippen LogP contribution in [0, 0.1) is 12.0 Å². The number of rotatable bonds is 3. The topological polar surface area (TPSA) is 38.9 Å². The summed E-state index contributed by atoms with van der Waals surface area (Å²) in [6.07, 6.45) is 4.32. The highest BCUT2D eigenvalue weighted by atomic mass is 35.5. The van der Waals surface area contributed by atoms with Gasteiger partial charge in [-0.05, 0) is 48.2 Å². The van der Waals surface area contributed by atoms with Crippen molar-refractivity contribution in [1.29, 1.82) is 0 Å². The van der Waals surface area contributed by atoms with Crippen molar-refractivity contribution in [3.05, 3.63) is 59.6 Å². The van der Waals surface area contributed by atoms with Crippen LogP contribution in [0.4, 0.5) is 4.39 Å². The summed E-state index contributed by atoms with van der Waals surface area (Å²) < 4.78 is 18.4. The van der Waals surface area contributed by atoms with Crippen molar-refractivity contribution in [2.75, 3.05) is 0 Å². The number of hydrogen-bond acceptors (Lipinski definition) is 4. The Balaban J connectivity index is 1.80. The van der Waals surface area contributed by atoms with E-state index in [1.165, 1.54) is 23.9 Å². The second kappa shape index (κ2) is 5.64. The Bertz CT molecular complexity index is 713. The Labute approximate surface area is 123 Å². The first-order chi connectivity index (χ1) is 9.70. The van der Waals surface area contributed by atoms with E-state index in [-0.39, 0.29) is 5.82 Å². The first kappa shape index (κ1) is 13.1. The minimum absolute atomic E-state index is 0.302. The summed E-state index contributed by atoms with van der Waals surface area (Å²) in [5.41, 5.74) is 0.693. The average Bonchev–Trinajstić information content (AvgIpc) is 2.91. The maximum atomic E-state index is 12.8. The van der Waals surface area contributed by atoms with Gasteiger partial charge in [-0.3, -0.25) is 0 Å². The highest BCUT2D eigenvalue weighted by molar-refractivity contribution is 7.99. The summed E-state index contributed by atoms with van der Waals surface area (Å²) in [6, 6.07) is 9.43. The van der Waals surface area contributed by atoms with Crippen molar-refractivity contribution in [2.45, 2.75) is 10.1 Å². The summed E-state index contributed by atoms with van der Waals surface area (Å²) >= 11 is 7.05. The maximum Gasteiger partial charge on any atom is 0.228 e. The minimum Gasteiger partial charge on any atom is -0.429 e. The first-order valence-corrected chi connectivity index (χ1v) is 6.84. The van der Waals surface area contributed by atoms with Crippen LogP contribution in [-0.2, 0) is 0 Å². The lowest BCUT2D eigenvalue weighted by molar-refractivity contribution is 0.483. The van der Waals surface area contributed by atoms with Gasteiger partial charge in [0.15, 0.2) is 5.09 Å². The lowest BCUT2D eigenvalue weighted by Crippen LogP contribution is -1.78. The van der Waals surface area contributed by atoms with Gasteiger partial charge in [0.2, 0.25) is 5.89 Å². The molecule has 0 fully saturated rings. The van der Waals surface area contributed by atoms with E-state index in [9.17, 15) is 4.39 Å². The molecule has 3 aromatic rings. The van der Waals surface area contributed by atoms with Crippen LogP contribution in [0.25, 0.3) is 11.5 Å². The molecule has 0 saturated carbocycles. The highest BCUT2D eigenvalue weighted by Crippen LogP contribution is 2.29. The van der Waals surface area contributed by atoms with E-state index in [1.54, 1.807) is 30.5 Å². The van der Waals surface area contributed by atoms with Crippen LogP contribution >= 0.6 is 23.4 Å². The zero-order valence-electron chi connectivity index (χ0n) is 10.0. The van der Waals surface area contributed by atoms with Crippen molar-refractivity contribution < 1.29 is 8.81 Å². The number of aromatic nitrogens is 2. The van der Waals surface area contributed by atoms with Gasteiger partial charge >= 0.3 is 0 Å². The van der Waals surface area contributed by atoms with Gasteiger partial charge in [-0.1, -0.05) is 11.6 Å². The number of oxazole rings is 1. The molecule has 0 spiro atoms. The molecule has 2 heterocycles. The van der Waals surface area contributed by atoms with Gasteiger partial charge in [0.25, 0.3) is 0 Å². The van der Waals surface area contributed by atoms with Crippen LogP contribution in [0.1, 0.15) is 0 Å². The third-order valence-corrected chi connectivity index (χ3v) is 3.46. The Morgan fingerprint density at radius 2 is 1.95 bits per heavy atom. The third kappa shape index (κ3) is 3.00. The average molecular weight is 306 g/mol. The Hall–Kier alpha value is -1.85. The van der Waals surface area contributed by atoms with Gasteiger partial charge in [0.1, 0.15) is 17.0 Å². The van der Waals surface area contributed by atoms with Gasteiger partial charge in [-0.25, -0.2) is 14.4 Å². The van der Waals surface area contributed by atoms with Crippen molar-refractivity contribution in [3.63, 3.8) is 0 Å². The minimum atomic E-state index is -0.302. The molecule has 0 aliphatic rings. The zero-order chi connectivity index (χ0) is 13.9. The molecule has 1 aromatic carbocycles. The summed E-state index contributed by atoms with van der Waals surface area (Å²) in [7, 11) is 0. The fourth-order valence-corrected chi connectivity index (χ4v) is 2.26. The van der Waals surface area contributed by atoms with Gasteiger partial charge in [0.05, 0.1) is 5.02 Å². The molecule has 0 aliphatic heterocycles. The van der Waals surface area contributed by atoms with Gasteiger partial charge in [-0.2, -0.15) is 0 Å². The van der Waals surface area contributed by atoms with Gasteiger partial charge in [0, 0.05) is 11.8 Å². The van der Waals surface area contributed by atoms with E-state index in [1.807, 2.05) is 0 Å². The predicted octanol–water partition coefficient (Wildman–Crippen LogP) is 4.48. The van der Waals surface area contributed by atoms with Crippen molar-refractivity contribution in [3.8, 4) is 11.5 Å².